The third kappa shape index (κ3) is 2.77. The van der Waals surface area contributed by atoms with Gasteiger partial charge in [-0.25, -0.2) is 4.79 Å². The number of nitrogens with zero attached hydrogens (tertiary/aromatic N) is 1. The van der Waals surface area contributed by atoms with Gasteiger partial charge in [-0.05, 0) is 43.7 Å². The number of hydrogen-bond donors (Lipinski definition) is 0. The van der Waals surface area contributed by atoms with E-state index in [1.807, 2.05) is 42.2 Å². The van der Waals surface area contributed by atoms with Crippen molar-refractivity contribution in [3.05, 3.63) is 57.4 Å². The SMILES string of the molecule is COc1ccc(OC)c(N2COc3ccc4c(C)c(C)c(=O)oc4c3C2)c1. The topological polar surface area (TPSA) is 61.1 Å². The maximum absolute atomic E-state index is 12.2. The molecule has 4 rings (SSSR count). The van der Waals surface area contributed by atoms with E-state index in [-0.39, 0.29) is 5.63 Å². The second-order valence-electron chi connectivity index (χ2n) is 6.57. The molecule has 0 saturated heterocycles. The van der Waals surface area contributed by atoms with Crippen LogP contribution in [0.5, 0.6) is 17.2 Å². The second-order valence-corrected chi connectivity index (χ2v) is 6.57. The first-order valence-electron chi connectivity index (χ1n) is 8.69. The fraction of sp³-hybridized carbons (Fsp3) is 0.286. The molecule has 0 spiro atoms. The van der Waals surface area contributed by atoms with Gasteiger partial charge in [0.1, 0.15) is 22.8 Å². The summed E-state index contributed by atoms with van der Waals surface area (Å²) in [7, 11) is 3.26. The van der Waals surface area contributed by atoms with Crippen LogP contribution in [0.25, 0.3) is 11.0 Å². The Morgan fingerprint density at radius 3 is 2.59 bits per heavy atom. The quantitative estimate of drug-likeness (QED) is 0.657. The van der Waals surface area contributed by atoms with Crippen LogP contribution in [-0.2, 0) is 6.54 Å². The third-order valence-corrected chi connectivity index (χ3v) is 5.14. The lowest BCUT2D eigenvalue weighted by molar-refractivity contribution is 0.286. The fourth-order valence-electron chi connectivity index (χ4n) is 3.41. The molecule has 0 aliphatic carbocycles. The minimum atomic E-state index is -0.315. The van der Waals surface area contributed by atoms with E-state index < -0.39 is 0 Å². The van der Waals surface area contributed by atoms with Crippen LogP contribution in [-0.4, -0.2) is 21.0 Å². The molecule has 0 fully saturated rings. The molecule has 0 saturated carbocycles. The van der Waals surface area contributed by atoms with Crippen LogP contribution in [0.4, 0.5) is 5.69 Å². The summed E-state index contributed by atoms with van der Waals surface area (Å²) in [4.78, 5) is 14.2. The molecule has 1 aliphatic rings. The lowest BCUT2D eigenvalue weighted by Crippen LogP contribution is -2.32. The normalized spacial score (nSPS) is 13.3. The number of benzene rings is 2. The Kier molecular flexibility index (Phi) is 4.18. The first kappa shape index (κ1) is 17.3. The lowest BCUT2D eigenvalue weighted by atomic mass is 10.0. The van der Waals surface area contributed by atoms with Gasteiger partial charge in [0.05, 0.1) is 32.0 Å². The van der Waals surface area contributed by atoms with Crippen LogP contribution in [0, 0.1) is 13.8 Å². The van der Waals surface area contributed by atoms with Crippen LogP contribution in [0.15, 0.2) is 39.5 Å². The smallest absolute Gasteiger partial charge is 0.339 e. The zero-order valence-corrected chi connectivity index (χ0v) is 15.8. The molecule has 0 atom stereocenters. The van der Waals surface area contributed by atoms with Crippen molar-refractivity contribution in [2.24, 2.45) is 0 Å². The van der Waals surface area contributed by atoms with E-state index >= 15 is 0 Å². The Labute approximate surface area is 156 Å². The maximum Gasteiger partial charge on any atom is 0.339 e. The zero-order valence-electron chi connectivity index (χ0n) is 15.8. The van der Waals surface area contributed by atoms with Gasteiger partial charge >= 0.3 is 5.63 Å². The molecule has 0 bridgehead atoms. The number of rotatable bonds is 3. The molecular weight excluding hydrogens is 346 g/mol. The van der Waals surface area contributed by atoms with Gasteiger partial charge in [0.25, 0.3) is 0 Å². The van der Waals surface area contributed by atoms with Gasteiger partial charge in [-0.1, -0.05) is 0 Å². The first-order valence-corrected chi connectivity index (χ1v) is 8.69. The standard InChI is InChI=1S/C21H21NO5/c1-12-13(2)21(23)27-20-15(12)6-8-18-16(20)10-22(11-26-18)17-9-14(24-3)5-7-19(17)25-4/h5-9H,10-11H2,1-4H3. The number of hydrogen-bond acceptors (Lipinski definition) is 6. The molecule has 6 nitrogen and oxygen atoms in total. The van der Waals surface area contributed by atoms with Crippen molar-refractivity contribution in [3.63, 3.8) is 0 Å². The zero-order chi connectivity index (χ0) is 19.1. The summed E-state index contributed by atoms with van der Waals surface area (Å²) in [6.45, 7) is 4.61. The van der Waals surface area contributed by atoms with Crippen molar-refractivity contribution in [2.75, 3.05) is 25.9 Å². The van der Waals surface area contributed by atoms with Gasteiger partial charge in [0.15, 0.2) is 6.73 Å². The highest BCUT2D eigenvalue weighted by atomic mass is 16.5. The van der Waals surface area contributed by atoms with Crippen molar-refractivity contribution < 1.29 is 18.6 Å². The fourth-order valence-corrected chi connectivity index (χ4v) is 3.41. The molecule has 0 radical (unpaired) electrons. The number of ether oxygens (including phenoxy) is 3. The minimum absolute atomic E-state index is 0.315. The molecule has 6 heteroatoms. The molecule has 0 N–H and O–H groups in total. The number of fused-ring (bicyclic) bond motifs is 3. The van der Waals surface area contributed by atoms with Gasteiger partial charge < -0.3 is 23.5 Å². The molecule has 0 unspecified atom stereocenters. The second kappa shape index (κ2) is 6.54. The highest BCUT2D eigenvalue weighted by Crippen LogP contribution is 2.39. The summed E-state index contributed by atoms with van der Waals surface area (Å²) < 4.78 is 22.4. The Morgan fingerprint density at radius 1 is 1.04 bits per heavy atom. The van der Waals surface area contributed by atoms with Crippen LogP contribution < -0.4 is 24.7 Å². The summed E-state index contributed by atoms with van der Waals surface area (Å²) in [5.74, 6) is 2.18. The average Bonchev–Trinajstić information content (AvgIpc) is 2.71. The van der Waals surface area contributed by atoms with E-state index in [9.17, 15) is 4.79 Å². The summed E-state index contributed by atoms with van der Waals surface area (Å²) in [6, 6.07) is 9.50. The van der Waals surface area contributed by atoms with E-state index in [0.29, 0.717) is 24.4 Å². The molecule has 0 amide bonds. The predicted octanol–water partition coefficient (Wildman–Crippen LogP) is 3.78. The summed E-state index contributed by atoms with van der Waals surface area (Å²) in [6.07, 6.45) is 0. The molecule has 3 aromatic rings. The summed E-state index contributed by atoms with van der Waals surface area (Å²) >= 11 is 0. The number of anilines is 1. The summed E-state index contributed by atoms with van der Waals surface area (Å²) in [5.41, 5.74) is 3.52. The summed E-state index contributed by atoms with van der Waals surface area (Å²) in [5, 5.41) is 0.925. The average molecular weight is 367 g/mol. The van der Waals surface area contributed by atoms with Gasteiger partial charge in [-0.15, -0.1) is 0 Å². The van der Waals surface area contributed by atoms with Crippen LogP contribution in [0.3, 0.4) is 0 Å². The van der Waals surface area contributed by atoms with E-state index in [4.69, 9.17) is 18.6 Å². The minimum Gasteiger partial charge on any atom is -0.497 e. The van der Waals surface area contributed by atoms with Crippen molar-refractivity contribution >= 4 is 16.7 Å². The van der Waals surface area contributed by atoms with Crippen LogP contribution in [0.2, 0.25) is 0 Å². The van der Waals surface area contributed by atoms with Gasteiger partial charge in [0.2, 0.25) is 0 Å². The van der Waals surface area contributed by atoms with E-state index in [2.05, 4.69) is 0 Å². The predicted molar refractivity (Wildman–Crippen MR) is 103 cm³/mol. The van der Waals surface area contributed by atoms with E-state index in [0.717, 1.165) is 39.4 Å². The molecule has 27 heavy (non-hydrogen) atoms. The molecule has 1 aromatic heterocycles. The van der Waals surface area contributed by atoms with Crippen molar-refractivity contribution in [1.82, 2.24) is 0 Å². The first-order chi connectivity index (χ1) is 13.0. The Bertz CT molecular complexity index is 1090. The highest BCUT2D eigenvalue weighted by Gasteiger charge is 2.25. The van der Waals surface area contributed by atoms with E-state index in [1.54, 1.807) is 21.1 Å². The molecule has 2 aromatic carbocycles. The Morgan fingerprint density at radius 2 is 1.85 bits per heavy atom. The maximum atomic E-state index is 12.2. The highest BCUT2D eigenvalue weighted by molar-refractivity contribution is 5.86. The van der Waals surface area contributed by atoms with Crippen molar-refractivity contribution in [1.29, 1.82) is 0 Å². The third-order valence-electron chi connectivity index (χ3n) is 5.14. The Hall–Kier alpha value is -3.15. The van der Waals surface area contributed by atoms with Gasteiger partial charge in [0, 0.05) is 17.0 Å². The monoisotopic (exact) mass is 367 g/mol. The van der Waals surface area contributed by atoms with E-state index in [1.165, 1.54) is 0 Å². The molecule has 2 heterocycles. The van der Waals surface area contributed by atoms with Gasteiger partial charge in [-0.2, -0.15) is 0 Å². The largest absolute Gasteiger partial charge is 0.497 e. The van der Waals surface area contributed by atoms with Gasteiger partial charge in [-0.3, -0.25) is 0 Å². The van der Waals surface area contributed by atoms with Crippen LogP contribution in [0.1, 0.15) is 16.7 Å². The number of methoxy groups -OCH3 is 2. The van der Waals surface area contributed by atoms with Crippen molar-refractivity contribution in [2.45, 2.75) is 20.4 Å². The molecular formula is C21H21NO5. The van der Waals surface area contributed by atoms with Crippen LogP contribution >= 0.6 is 0 Å². The van der Waals surface area contributed by atoms with Crippen molar-refractivity contribution in [3.8, 4) is 17.2 Å². The Balaban J connectivity index is 1.85. The molecule has 1 aliphatic heterocycles. The molecule has 140 valence electrons. The number of aryl methyl sites for hydroxylation is 1. The lowest BCUT2D eigenvalue weighted by Gasteiger charge is -2.32.